The van der Waals surface area contributed by atoms with Crippen molar-refractivity contribution in [3.63, 3.8) is 0 Å². The van der Waals surface area contributed by atoms with E-state index in [1.54, 1.807) is 61.5 Å². The Morgan fingerprint density at radius 3 is 2.35 bits per heavy atom. The number of benzene rings is 2. The van der Waals surface area contributed by atoms with Crippen molar-refractivity contribution in [1.29, 1.82) is 0 Å². The van der Waals surface area contributed by atoms with Crippen LogP contribution in [-0.2, 0) is 4.79 Å². The zero-order valence-corrected chi connectivity index (χ0v) is 15.4. The zero-order valence-electron chi connectivity index (χ0n) is 14.6. The number of nitrogens with zero attached hydrogens (tertiary/aromatic N) is 2. The van der Waals surface area contributed by atoms with Crippen LogP contribution in [0, 0.1) is 0 Å². The summed E-state index contributed by atoms with van der Waals surface area (Å²) in [6.45, 7) is 0. The maximum atomic E-state index is 12.9. The summed E-state index contributed by atoms with van der Waals surface area (Å²) in [7, 11) is 4.80. The molecule has 7 heteroatoms. The van der Waals surface area contributed by atoms with Gasteiger partial charge in [0.2, 0.25) is 0 Å². The third kappa shape index (κ3) is 3.09. The number of carbonyl (C=O) groups excluding carboxylic acids is 1. The Morgan fingerprint density at radius 1 is 1.08 bits per heavy atom. The lowest BCUT2D eigenvalue weighted by Gasteiger charge is -2.16. The van der Waals surface area contributed by atoms with Gasteiger partial charge in [-0.05, 0) is 60.3 Å². The highest BCUT2D eigenvalue weighted by molar-refractivity contribution is 7.80. The Hall–Kier alpha value is -3.06. The van der Waals surface area contributed by atoms with Crippen molar-refractivity contribution in [2.24, 2.45) is 0 Å². The number of phenolic OH excluding ortho intramolecular Hbond substituents is 1. The second-order valence-corrected chi connectivity index (χ2v) is 6.01. The van der Waals surface area contributed by atoms with Crippen molar-refractivity contribution >= 4 is 35.0 Å². The van der Waals surface area contributed by atoms with Gasteiger partial charge in [-0.2, -0.15) is 0 Å². The number of phenols is 1. The van der Waals surface area contributed by atoms with Crippen LogP contribution in [0.3, 0.4) is 0 Å². The fourth-order valence-electron chi connectivity index (χ4n) is 2.67. The molecule has 0 spiro atoms. The number of hydrogen-bond acceptors (Lipinski definition) is 5. The number of likely N-dealkylation sites (N-methyl/N-ethyl adjacent to an activating group) is 1. The van der Waals surface area contributed by atoms with Crippen LogP contribution in [0.25, 0.3) is 6.08 Å². The van der Waals surface area contributed by atoms with E-state index in [1.165, 1.54) is 18.1 Å². The third-order valence-electron chi connectivity index (χ3n) is 4.10. The molecule has 1 amide bonds. The summed E-state index contributed by atoms with van der Waals surface area (Å²) in [6.07, 6.45) is 1.68. The first-order valence-corrected chi connectivity index (χ1v) is 8.22. The first-order chi connectivity index (χ1) is 12.5. The van der Waals surface area contributed by atoms with Crippen LogP contribution in [0.5, 0.6) is 17.2 Å². The Labute approximate surface area is 156 Å². The second kappa shape index (κ2) is 7.05. The molecule has 0 aliphatic carbocycles. The van der Waals surface area contributed by atoms with Crippen molar-refractivity contribution in [2.75, 3.05) is 26.2 Å². The van der Waals surface area contributed by atoms with Gasteiger partial charge in [0.1, 0.15) is 11.4 Å². The highest BCUT2D eigenvalue weighted by Gasteiger charge is 2.36. The van der Waals surface area contributed by atoms with Crippen LogP contribution in [0.15, 0.2) is 48.2 Å². The molecule has 0 aromatic heterocycles. The smallest absolute Gasteiger partial charge is 0.281 e. The third-order valence-corrected chi connectivity index (χ3v) is 4.56. The fourth-order valence-corrected chi connectivity index (χ4v) is 2.96. The van der Waals surface area contributed by atoms with Crippen LogP contribution in [-0.4, -0.2) is 42.3 Å². The molecule has 1 fully saturated rings. The molecular formula is C19H18N2O4S. The second-order valence-electron chi connectivity index (χ2n) is 5.64. The number of amides is 1. The molecule has 1 saturated heterocycles. The van der Waals surface area contributed by atoms with Gasteiger partial charge in [0.25, 0.3) is 5.91 Å². The molecular weight excluding hydrogens is 352 g/mol. The predicted molar refractivity (Wildman–Crippen MR) is 103 cm³/mol. The largest absolute Gasteiger partial charge is 0.504 e. The van der Waals surface area contributed by atoms with Gasteiger partial charge >= 0.3 is 0 Å². The maximum absolute atomic E-state index is 12.9. The minimum absolute atomic E-state index is 0.00420. The minimum atomic E-state index is -0.238. The maximum Gasteiger partial charge on any atom is 0.281 e. The Morgan fingerprint density at radius 2 is 1.77 bits per heavy atom. The van der Waals surface area contributed by atoms with Crippen molar-refractivity contribution in [3.05, 3.63) is 53.7 Å². The number of anilines is 1. The minimum Gasteiger partial charge on any atom is -0.504 e. The molecule has 0 radical (unpaired) electrons. The summed E-state index contributed by atoms with van der Waals surface area (Å²) in [6, 6.07) is 12.0. The van der Waals surface area contributed by atoms with Crippen LogP contribution < -0.4 is 14.4 Å². The molecule has 26 heavy (non-hydrogen) atoms. The number of thiocarbonyl (C=S) groups is 1. The Kier molecular flexibility index (Phi) is 4.81. The van der Waals surface area contributed by atoms with Gasteiger partial charge in [0.15, 0.2) is 16.6 Å². The lowest BCUT2D eigenvalue weighted by molar-refractivity contribution is -0.114. The highest BCUT2D eigenvalue weighted by Crippen LogP contribution is 2.31. The molecule has 0 unspecified atom stereocenters. The Balaban J connectivity index is 1.95. The standard InChI is InChI=1S/C19H18N2O4S/c1-20-15(10-12-4-9-17(25-3)16(22)11-12)18(23)21(19(20)26)13-5-7-14(24-2)8-6-13/h4-11,22H,1-3H3/b15-10-. The van der Waals surface area contributed by atoms with Gasteiger partial charge in [0.05, 0.1) is 19.9 Å². The molecule has 1 N–H and O–H groups in total. The first kappa shape index (κ1) is 17.8. The van der Waals surface area contributed by atoms with Gasteiger partial charge in [-0.3, -0.25) is 9.69 Å². The fraction of sp³-hybridized carbons (Fsp3) is 0.158. The van der Waals surface area contributed by atoms with Gasteiger partial charge in [0, 0.05) is 7.05 Å². The van der Waals surface area contributed by atoms with Gasteiger partial charge < -0.3 is 19.5 Å². The molecule has 0 bridgehead atoms. The summed E-state index contributed by atoms with van der Waals surface area (Å²) < 4.78 is 10.2. The van der Waals surface area contributed by atoms with Crippen molar-refractivity contribution < 1.29 is 19.4 Å². The van der Waals surface area contributed by atoms with Crippen LogP contribution in [0.4, 0.5) is 5.69 Å². The van der Waals surface area contributed by atoms with E-state index < -0.39 is 0 Å². The topological polar surface area (TPSA) is 62.2 Å². The lowest BCUT2D eigenvalue weighted by atomic mass is 10.1. The molecule has 1 heterocycles. The van der Waals surface area contributed by atoms with Crippen molar-refractivity contribution in [1.82, 2.24) is 4.90 Å². The molecule has 3 rings (SSSR count). The average molecular weight is 370 g/mol. The molecule has 0 atom stereocenters. The van der Waals surface area contributed by atoms with E-state index in [2.05, 4.69) is 0 Å². The van der Waals surface area contributed by atoms with E-state index in [-0.39, 0.29) is 11.7 Å². The zero-order chi connectivity index (χ0) is 18.8. The normalized spacial score (nSPS) is 15.7. The highest BCUT2D eigenvalue weighted by atomic mass is 32.1. The number of aromatic hydroxyl groups is 1. The molecule has 2 aromatic carbocycles. The van der Waals surface area contributed by atoms with Crippen LogP contribution in [0.2, 0.25) is 0 Å². The van der Waals surface area contributed by atoms with Gasteiger partial charge in [-0.25, -0.2) is 0 Å². The summed E-state index contributed by atoms with van der Waals surface area (Å²) >= 11 is 5.43. The number of carbonyl (C=O) groups is 1. The predicted octanol–water partition coefficient (Wildman–Crippen LogP) is 3.01. The van der Waals surface area contributed by atoms with Crippen molar-refractivity contribution in [3.8, 4) is 17.2 Å². The van der Waals surface area contributed by atoms with E-state index in [0.717, 1.165) is 0 Å². The first-order valence-electron chi connectivity index (χ1n) is 7.81. The molecule has 6 nitrogen and oxygen atoms in total. The number of hydrogen-bond donors (Lipinski definition) is 1. The van der Waals surface area contributed by atoms with E-state index in [4.69, 9.17) is 21.7 Å². The molecule has 2 aromatic rings. The Bertz CT molecular complexity index is 893. The summed E-state index contributed by atoms with van der Waals surface area (Å²) in [5.41, 5.74) is 1.74. The van der Waals surface area contributed by atoms with E-state index in [9.17, 15) is 9.90 Å². The molecule has 1 aliphatic heterocycles. The summed E-state index contributed by atoms with van der Waals surface area (Å²) in [4.78, 5) is 16.0. The molecule has 0 saturated carbocycles. The van der Waals surface area contributed by atoms with E-state index in [1.807, 2.05) is 0 Å². The number of methoxy groups -OCH3 is 2. The van der Waals surface area contributed by atoms with Gasteiger partial charge in [-0.15, -0.1) is 0 Å². The molecule has 134 valence electrons. The summed E-state index contributed by atoms with van der Waals surface area (Å²) in [5.74, 6) is 0.834. The van der Waals surface area contributed by atoms with E-state index in [0.29, 0.717) is 33.6 Å². The number of rotatable bonds is 4. The van der Waals surface area contributed by atoms with Crippen molar-refractivity contribution in [2.45, 2.75) is 0 Å². The van der Waals surface area contributed by atoms with E-state index >= 15 is 0 Å². The molecule has 1 aliphatic rings. The average Bonchev–Trinajstić information content (AvgIpc) is 2.85. The number of ether oxygens (including phenoxy) is 2. The monoisotopic (exact) mass is 370 g/mol. The van der Waals surface area contributed by atoms with Crippen LogP contribution >= 0.6 is 12.2 Å². The lowest BCUT2D eigenvalue weighted by Crippen LogP contribution is -2.31. The quantitative estimate of drug-likeness (QED) is 0.659. The van der Waals surface area contributed by atoms with Crippen LogP contribution in [0.1, 0.15) is 5.56 Å². The SMILES string of the molecule is COc1ccc(N2C(=O)/C(=C/c3ccc(OC)c(O)c3)N(C)C2=S)cc1. The summed E-state index contributed by atoms with van der Waals surface area (Å²) in [5, 5.41) is 10.3. The van der Waals surface area contributed by atoms with Gasteiger partial charge in [-0.1, -0.05) is 6.07 Å².